The minimum Gasteiger partial charge on any atom is -0.494 e. The van der Waals surface area contributed by atoms with Gasteiger partial charge in [0.1, 0.15) is 17.2 Å². The van der Waals surface area contributed by atoms with Gasteiger partial charge in [0.15, 0.2) is 0 Å². The van der Waals surface area contributed by atoms with Crippen LogP contribution in [-0.2, 0) is 0 Å². The van der Waals surface area contributed by atoms with Crippen LogP contribution in [0.25, 0.3) is 10.9 Å². The lowest BCUT2D eigenvalue weighted by molar-refractivity contribution is 0.0691. The first-order valence-electron chi connectivity index (χ1n) is 5.81. The van der Waals surface area contributed by atoms with Gasteiger partial charge in [-0.25, -0.2) is 4.79 Å². The van der Waals surface area contributed by atoms with Crippen molar-refractivity contribution in [1.29, 1.82) is 0 Å². The van der Waals surface area contributed by atoms with Gasteiger partial charge in [0.2, 0.25) is 0 Å². The van der Waals surface area contributed by atoms with Crippen LogP contribution in [0.1, 0.15) is 24.3 Å². The van der Waals surface area contributed by atoms with Crippen LogP contribution in [0, 0.1) is 0 Å². The van der Waals surface area contributed by atoms with Gasteiger partial charge in [0.25, 0.3) is 0 Å². The number of H-pyrrole nitrogens is 1. The predicted molar refractivity (Wildman–Crippen MR) is 67.6 cm³/mol. The standard InChI is InChI=1S/C13H15NO4/c1-3-17-8-5-10-9(12(6-8)18-4-2)7-11(14-10)13(15)16/h5-7,14H,3-4H2,1-2H3,(H,15,16). The summed E-state index contributed by atoms with van der Waals surface area (Å²) in [5.41, 5.74) is 0.835. The van der Waals surface area contributed by atoms with Crippen molar-refractivity contribution in [2.24, 2.45) is 0 Å². The van der Waals surface area contributed by atoms with E-state index in [1.165, 1.54) is 0 Å². The quantitative estimate of drug-likeness (QED) is 0.854. The monoisotopic (exact) mass is 249 g/mol. The zero-order chi connectivity index (χ0) is 13.1. The van der Waals surface area contributed by atoms with Crippen LogP contribution >= 0.6 is 0 Å². The van der Waals surface area contributed by atoms with Crippen LogP contribution < -0.4 is 9.47 Å². The molecule has 0 unspecified atom stereocenters. The summed E-state index contributed by atoms with van der Waals surface area (Å²) in [7, 11) is 0. The fraction of sp³-hybridized carbons (Fsp3) is 0.308. The average Bonchev–Trinajstić information content (AvgIpc) is 2.74. The lowest BCUT2D eigenvalue weighted by atomic mass is 10.2. The van der Waals surface area contributed by atoms with Crippen molar-refractivity contribution in [2.45, 2.75) is 13.8 Å². The van der Waals surface area contributed by atoms with Gasteiger partial charge >= 0.3 is 5.97 Å². The number of ether oxygens (including phenoxy) is 2. The van der Waals surface area contributed by atoms with Crippen molar-refractivity contribution in [1.82, 2.24) is 4.98 Å². The highest BCUT2D eigenvalue weighted by Crippen LogP contribution is 2.32. The first-order valence-corrected chi connectivity index (χ1v) is 5.81. The Bertz CT molecular complexity index is 574. The number of aromatic nitrogens is 1. The normalized spacial score (nSPS) is 10.6. The van der Waals surface area contributed by atoms with Crippen molar-refractivity contribution in [3.8, 4) is 11.5 Å². The van der Waals surface area contributed by atoms with Crippen molar-refractivity contribution >= 4 is 16.9 Å². The molecule has 0 bridgehead atoms. The highest BCUT2D eigenvalue weighted by atomic mass is 16.5. The number of hydrogen-bond acceptors (Lipinski definition) is 3. The third-order valence-corrected chi connectivity index (χ3v) is 2.51. The molecule has 5 heteroatoms. The van der Waals surface area contributed by atoms with Crippen molar-refractivity contribution < 1.29 is 19.4 Å². The van der Waals surface area contributed by atoms with E-state index < -0.39 is 5.97 Å². The molecule has 0 fully saturated rings. The fourth-order valence-electron chi connectivity index (χ4n) is 1.82. The SMILES string of the molecule is CCOc1cc(OCC)c2cc(C(=O)O)[nH]c2c1. The summed E-state index contributed by atoms with van der Waals surface area (Å²) in [4.78, 5) is 13.8. The Morgan fingerprint density at radius 2 is 1.94 bits per heavy atom. The number of benzene rings is 1. The van der Waals surface area contributed by atoms with Crippen LogP contribution in [0.4, 0.5) is 0 Å². The fourth-order valence-corrected chi connectivity index (χ4v) is 1.82. The molecule has 0 spiro atoms. The topological polar surface area (TPSA) is 71.6 Å². The molecule has 0 radical (unpaired) electrons. The summed E-state index contributed by atoms with van der Waals surface area (Å²) >= 11 is 0. The highest BCUT2D eigenvalue weighted by molar-refractivity contribution is 5.96. The molecule has 0 saturated carbocycles. The van der Waals surface area contributed by atoms with Crippen molar-refractivity contribution in [2.75, 3.05) is 13.2 Å². The number of rotatable bonds is 5. The Morgan fingerprint density at radius 1 is 1.22 bits per heavy atom. The van der Waals surface area contributed by atoms with E-state index in [0.717, 1.165) is 5.39 Å². The molecule has 0 aliphatic rings. The largest absolute Gasteiger partial charge is 0.494 e. The molecule has 0 aliphatic carbocycles. The number of fused-ring (bicyclic) bond motifs is 1. The molecular formula is C13H15NO4. The van der Waals surface area contributed by atoms with Crippen LogP contribution in [0.15, 0.2) is 18.2 Å². The van der Waals surface area contributed by atoms with Crippen LogP contribution in [-0.4, -0.2) is 29.3 Å². The molecular weight excluding hydrogens is 234 g/mol. The number of aromatic amines is 1. The second kappa shape index (κ2) is 5.00. The summed E-state index contributed by atoms with van der Waals surface area (Å²) in [6.07, 6.45) is 0. The van der Waals surface area contributed by atoms with Gasteiger partial charge in [0.05, 0.1) is 18.7 Å². The molecule has 0 saturated heterocycles. The van der Waals surface area contributed by atoms with E-state index in [2.05, 4.69) is 4.98 Å². The molecule has 0 atom stereocenters. The summed E-state index contributed by atoms with van der Waals surface area (Å²) < 4.78 is 10.9. The Kier molecular flexibility index (Phi) is 3.41. The summed E-state index contributed by atoms with van der Waals surface area (Å²) in [6.45, 7) is 4.83. The van der Waals surface area contributed by atoms with Crippen LogP contribution in [0.2, 0.25) is 0 Å². The molecule has 2 aromatic rings. The van der Waals surface area contributed by atoms with E-state index in [9.17, 15) is 4.79 Å². The number of nitrogens with one attached hydrogen (secondary N) is 1. The summed E-state index contributed by atoms with van der Waals surface area (Å²) in [6, 6.07) is 5.11. The zero-order valence-corrected chi connectivity index (χ0v) is 10.3. The third-order valence-electron chi connectivity index (χ3n) is 2.51. The minimum absolute atomic E-state index is 0.139. The number of carbonyl (C=O) groups is 1. The second-order valence-corrected chi connectivity index (χ2v) is 3.74. The van der Waals surface area contributed by atoms with Crippen LogP contribution in [0.3, 0.4) is 0 Å². The Labute approximate surface area is 104 Å². The molecule has 18 heavy (non-hydrogen) atoms. The molecule has 2 rings (SSSR count). The molecule has 2 N–H and O–H groups in total. The van der Waals surface area contributed by atoms with Gasteiger partial charge in [-0.1, -0.05) is 0 Å². The maximum atomic E-state index is 10.9. The van der Waals surface area contributed by atoms with E-state index in [0.29, 0.717) is 30.2 Å². The zero-order valence-electron chi connectivity index (χ0n) is 10.3. The molecule has 0 amide bonds. The first-order chi connectivity index (χ1) is 8.65. The van der Waals surface area contributed by atoms with Crippen molar-refractivity contribution in [3.63, 3.8) is 0 Å². The number of aromatic carboxylic acids is 1. The molecule has 5 nitrogen and oxygen atoms in total. The Balaban J connectivity index is 2.57. The number of hydrogen-bond donors (Lipinski definition) is 2. The van der Waals surface area contributed by atoms with E-state index in [1.54, 1.807) is 18.2 Å². The summed E-state index contributed by atoms with van der Waals surface area (Å²) in [5.74, 6) is 0.293. The smallest absolute Gasteiger partial charge is 0.352 e. The van der Waals surface area contributed by atoms with E-state index in [1.807, 2.05) is 13.8 Å². The Morgan fingerprint density at radius 3 is 2.56 bits per heavy atom. The number of carboxylic acids is 1. The van der Waals surface area contributed by atoms with Gasteiger partial charge in [-0.05, 0) is 19.9 Å². The molecule has 1 aromatic carbocycles. The maximum absolute atomic E-state index is 10.9. The molecule has 96 valence electrons. The highest BCUT2D eigenvalue weighted by Gasteiger charge is 2.13. The number of carboxylic acid groups (broad SMARTS) is 1. The third kappa shape index (κ3) is 2.25. The van der Waals surface area contributed by atoms with E-state index >= 15 is 0 Å². The maximum Gasteiger partial charge on any atom is 0.352 e. The lowest BCUT2D eigenvalue weighted by Gasteiger charge is -2.08. The van der Waals surface area contributed by atoms with Crippen LogP contribution in [0.5, 0.6) is 11.5 Å². The predicted octanol–water partition coefficient (Wildman–Crippen LogP) is 2.66. The van der Waals surface area contributed by atoms with Gasteiger partial charge < -0.3 is 19.6 Å². The van der Waals surface area contributed by atoms with E-state index in [4.69, 9.17) is 14.6 Å². The molecule has 0 aliphatic heterocycles. The first kappa shape index (κ1) is 12.3. The van der Waals surface area contributed by atoms with Gasteiger partial charge in [0, 0.05) is 17.5 Å². The van der Waals surface area contributed by atoms with E-state index in [-0.39, 0.29) is 5.69 Å². The lowest BCUT2D eigenvalue weighted by Crippen LogP contribution is -1.95. The second-order valence-electron chi connectivity index (χ2n) is 3.74. The average molecular weight is 249 g/mol. The van der Waals surface area contributed by atoms with Crippen molar-refractivity contribution in [3.05, 3.63) is 23.9 Å². The summed E-state index contributed by atoms with van der Waals surface area (Å²) in [5, 5.41) is 9.72. The van der Waals surface area contributed by atoms with Gasteiger partial charge in [-0.3, -0.25) is 0 Å². The molecule has 1 heterocycles. The minimum atomic E-state index is -0.994. The molecule has 1 aromatic heterocycles. The van der Waals surface area contributed by atoms with Gasteiger partial charge in [-0.2, -0.15) is 0 Å². The Hall–Kier alpha value is -2.17. The van der Waals surface area contributed by atoms with Gasteiger partial charge in [-0.15, -0.1) is 0 Å².